The Morgan fingerprint density at radius 3 is 2.57 bits per heavy atom. The van der Waals surface area contributed by atoms with Gasteiger partial charge in [-0.15, -0.1) is 0 Å². The standard InChI is InChI=1S/C23H31N7O4S/c1-15(2)33-18-9-16(10-20(11-18)35(31,32)25-3)21-13-26-22(24)23(28-21)34-19-12-27-30(14-19)17-5-7-29(4)8-6-17/h9-15,17,25H,5-8H2,1-4H3,(H2,24,26). The van der Waals surface area contributed by atoms with Gasteiger partial charge in [-0.25, -0.2) is 23.1 Å². The first-order valence-corrected chi connectivity index (χ1v) is 12.9. The van der Waals surface area contributed by atoms with Crippen LogP contribution >= 0.6 is 0 Å². The zero-order chi connectivity index (χ0) is 25.2. The highest BCUT2D eigenvalue weighted by atomic mass is 32.2. The first kappa shape index (κ1) is 24.9. The summed E-state index contributed by atoms with van der Waals surface area (Å²) >= 11 is 0. The van der Waals surface area contributed by atoms with Crippen molar-refractivity contribution in [1.29, 1.82) is 0 Å². The van der Waals surface area contributed by atoms with Crippen molar-refractivity contribution in [3.8, 4) is 28.6 Å². The van der Waals surface area contributed by atoms with E-state index in [9.17, 15) is 8.42 Å². The van der Waals surface area contributed by atoms with Crippen molar-refractivity contribution >= 4 is 15.8 Å². The van der Waals surface area contributed by atoms with Gasteiger partial charge in [0.15, 0.2) is 11.6 Å². The predicted molar refractivity (Wildman–Crippen MR) is 132 cm³/mol. The van der Waals surface area contributed by atoms with Gasteiger partial charge in [0.2, 0.25) is 10.0 Å². The Morgan fingerprint density at radius 2 is 1.89 bits per heavy atom. The summed E-state index contributed by atoms with van der Waals surface area (Å²) in [5.41, 5.74) is 6.92. The molecular weight excluding hydrogens is 470 g/mol. The molecule has 3 N–H and O–H groups in total. The van der Waals surface area contributed by atoms with Crippen LogP contribution in [-0.4, -0.2) is 66.4 Å². The van der Waals surface area contributed by atoms with Crippen LogP contribution in [0.4, 0.5) is 5.82 Å². The van der Waals surface area contributed by atoms with Crippen molar-refractivity contribution in [2.75, 3.05) is 32.9 Å². The minimum atomic E-state index is -3.71. The van der Waals surface area contributed by atoms with E-state index in [0.717, 1.165) is 25.9 Å². The number of benzene rings is 1. The lowest BCUT2D eigenvalue weighted by atomic mass is 10.1. The lowest BCUT2D eigenvalue weighted by Gasteiger charge is -2.28. The molecule has 3 aromatic rings. The molecule has 1 aromatic carbocycles. The Morgan fingerprint density at radius 1 is 1.14 bits per heavy atom. The van der Waals surface area contributed by atoms with Crippen LogP contribution in [0.3, 0.4) is 0 Å². The molecule has 3 heterocycles. The van der Waals surface area contributed by atoms with Gasteiger partial charge in [-0.1, -0.05) is 0 Å². The molecule has 0 unspecified atom stereocenters. The normalized spacial score (nSPS) is 15.5. The number of hydrogen-bond acceptors (Lipinski definition) is 9. The number of nitrogen functional groups attached to an aromatic ring is 1. The number of ether oxygens (including phenoxy) is 2. The highest BCUT2D eigenvalue weighted by Gasteiger charge is 2.20. The summed E-state index contributed by atoms with van der Waals surface area (Å²) < 4.78 is 40.9. The maximum atomic E-state index is 12.5. The Balaban J connectivity index is 1.63. The van der Waals surface area contributed by atoms with Crippen LogP contribution in [0.5, 0.6) is 17.4 Å². The van der Waals surface area contributed by atoms with Crippen molar-refractivity contribution < 1.29 is 17.9 Å². The van der Waals surface area contributed by atoms with Crippen molar-refractivity contribution in [3.05, 3.63) is 36.8 Å². The van der Waals surface area contributed by atoms with Gasteiger partial charge in [0.25, 0.3) is 5.88 Å². The smallest absolute Gasteiger partial charge is 0.263 e. The maximum Gasteiger partial charge on any atom is 0.263 e. The first-order chi connectivity index (χ1) is 16.6. The number of likely N-dealkylation sites (tertiary alicyclic amines) is 1. The lowest BCUT2D eigenvalue weighted by Crippen LogP contribution is -2.31. The predicted octanol–water partition coefficient (Wildman–Crippen LogP) is 2.68. The summed E-state index contributed by atoms with van der Waals surface area (Å²) in [4.78, 5) is 11.1. The molecule has 188 valence electrons. The third kappa shape index (κ3) is 5.89. The minimum absolute atomic E-state index is 0.0497. The van der Waals surface area contributed by atoms with Gasteiger partial charge in [0.05, 0.1) is 41.3 Å². The second-order valence-electron chi connectivity index (χ2n) is 8.81. The molecule has 1 aliphatic rings. The summed E-state index contributed by atoms with van der Waals surface area (Å²) in [5.74, 6) is 1.11. The van der Waals surface area contributed by atoms with E-state index in [1.165, 1.54) is 25.4 Å². The van der Waals surface area contributed by atoms with Crippen molar-refractivity contribution in [1.82, 2.24) is 29.4 Å². The topological polar surface area (TPSA) is 137 Å². The summed E-state index contributed by atoms with van der Waals surface area (Å²) in [6.07, 6.45) is 6.81. The summed E-state index contributed by atoms with van der Waals surface area (Å²) in [5, 5.41) is 4.45. The number of anilines is 1. The number of nitrogens with two attached hydrogens (primary N) is 1. The largest absolute Gasteiger partial charge is 0.491 e. The number of nitrogens with zero attached hydrogens (tertiary/aromatic N) is 5. The number of piperidine rings is 1. The number of nitrogens with one attached hydrogen (secondary N) is 1. The van der Waals surface area contributed by atoms with Gasteiger partial charge in [-0.2, -0.15) is 5.10 Å². The van der Waals surface area contributed by atoms with Crippen LogP contribution in [-0.2, 0) is 10.0 Å². The van der Waals surface area contributed by atoms with Crippen LogP contribution in [0, 0.1) is 0 Å². The number of sulfonamides is 1. The Labute approximate surface area is 205 Å². The maximum absolute atomic E-state index is 12.5. The highest BCUT2D eigenvalue weighted by molar-refractivity contribution is 7.89. The zero-order valence-corrected chi connectivity index (χ0v) is 21.1. The molecule has 35 heavy (non-hydrogen) atoms. The summed E-state index contributed by atoms with van der Waals surface area (Å²) in [6.45, 7) is 5.76. The molecular formula is C23H31N7O4S. The molecule has 0 radical (unpaired) electrons. The molecule has 0 spiro atoms. The van der Waals surface area contributed by atoms with E-state index in [0.29, 0.717) is 28.8 Å². The van der Waals surface area contributed by atoms with E-state index in [-0.39, 0.29) is 22.7 Å². The van der Waals surface area contributed by atoms with Crippen LogP contribution in [0.2, 0.25) is 0 Å². The lowest BCUT2D eigenvalue weighted by molar-refractivity contribution is 0.212. The monoisotopic (exact) mass is 501 g/mol. The SMILES string of the molecule is CNS(=O)(=O)c1cc(OC(C)C)cc(-c2cnc(N)c(Oc3cnn(C4CCN(C)CC4)c3)n2)c1. The fraction of sp³-hybridized carbons (Fsp3) is 0.435. The van der Waals surface area contributed by atoms with Crippen molar-refractivity contribution in [2.45, 2.75) is 43.7 Å². The van der Waals surface area contributed by atoms with Crippen LogP contribution in [0.1, 0.15) is 32.7 Å². The number of hydrogen-bond donors (Lipinski definition) is 2. The molecule has 1 fully saturated rings. The van der Waals surface area contributed by atoms with Crippen LogP contribution in [0.15, 0.2) is 41.7 Å². The van der Waals surface area contributed by atoms with Crippen molar-refractivity contribution in [2.24, 2.45) is 0 Å². The van der Waals surface area contributed by atoms with Crippen LogP contribution < -0.4 is 19.9 Å². The van der Waals surface area contributed by atoms with Gasteiger partial charge in [0, 0.05) is 11.6 Å². The number of rotatable bonds is 8. The zero-order valence-electron chi connectivity index (χ0n) is 20.3. The fourth-order valence-electron chi connectivity index (χ4n) is 3.87. The van der Waals surface area contributed by atoms with Gasteiger partial charge in [-0.05, 0) is 66.0 Å². The molecule has 11 nitrogen and oxygen atoms in total. The second kappa shape index (κ2) is 10.2. The van der Waals surface area contributed by atoms with E-state index in [1.54, 1.807) is 12.3 Å². The van der Waals surface area contributed by atoms with E-state index >= 15 is 0 Å². The molecule has 0 aliphatic carbocycles. The van der Waals surface area contributed by atoms with Crippen molar-refractivity contribution in [3.63, 3.8) is 0 Å². The third-order valence-corrected chi connectivity index (χ3v) is 7.14. The van der Waals surface area contributed by atoms with Crippen LogP contribution in [0.25, 0.3) is 11.3 Å². The Hall–Kier alpha value is -3.22. The van der Waals surface area contributed by atoms with E-state index in [2.05, 4.69) is 31.7 Å². The quantitative estimate of drug-likeness (QED) is 0.477. The molecule has 12 heteroatoms. The molecule has 0 saturated carbocycles. The Bertz CT molecular complexity index is 1280. The van der Waals surface area contributed by atoms with Gasteiger partial charge in [-0.3, -0.25) is 4.68 Å². The molecule has 4 rings (SSSR count). The molecule has 0 bridgehead atoms. The van der Waals surface area contributed by atoms with E-state index in [4.69, 9.17) is 15.2 Å². The molecule has 1 saturated heterocycles. The number of aromatic nitrogens is 4. The van der Waals surface area contributed by atoms with Gasteiger partial charge < -0.3 is 20.1 Å². The highest BCUT2D eigenvalue weighted by Crippen LogP contribution is 2.32. The molecule has 0 amide bonds. The minimum Gasteiger partial charge on any atom is -0.491 e. The molecule has 1 aliphatic heterocycles. The second-order valence-corrected chi connectivity index (χ2v) is 10.7. The average Bonchev–Trinajstić information content (AvgIpc) is 3.29. The fourth-order valence-corrected chi connectivity index (χ4v) is 4.66. The van der Waals surface area contributed by atoms with E-state index in [1.807, 2.05) is 24.7 Å². The molecule has 2 aromatic heterocycles. The van der Waals surface area contributed by atoms with E-state index < -0.39 is 10.0 Å². The summed E-state index contributed by atoms with van der Waals surface area (Å²) in [6, 6.07) is 4.99. The van der Waals surface area contributed by atoms with Gasteiger partial charge in [0.1, 0.15) is 5.75 Å². The Kier molecular flexibility index (Phi) is 7.24. The van der Waals surface area contributed by atoms with Gasteiger partial charge >= 0.3 is 0 Å². The third-order valence-electron chi connectivity index (χ3n) is 5.75. The molecule has 0 atom stereocenters. The summed E-state index contributed by atoms with van der Waals surface area (Å²) in [7, 11) is -0.245. The first-order valence-electron chi connectivity index (χ1n) is 11.4. The average molecular weight is 502 g/mol.